The molecule has 1 aromatic rings. The normalized spacial score (nSPS) is 22.1. The van der Waals surface area contributed by atoms with Gasteiger partial charge in [0, 0.05) is 12.8 Å². The minimum absolute atomic E-state index is 0.0112. The predicted molar refractivity (Wildman–Crippen MR) is 105 cm³/mol. The molecule has 3 rings (SSSR count). The Bertz CT molecular complexity index is 871. The molecule has 1 fully saturated rings. The molecular weight excluding hydrogens is 384 g/mol. The molecule has 0 spiro atoms. The van der Waals surface area contributed by atoms with Crippen LogP contribution in [0.15, 0.2) is 0 Å². The number of nitrogens with one attached hydrogen (secondary N) is 1. The number of amides is 1. The molecule has 0 saturated carbocycles. The number of hydrogen-bond acceptors (Lipinski definition) is 8. The summed E-state index contributed by atoms with van der Waals surface area (Å²) in [5.41, 5.74) is 0.207. The summed E-state index contributed by atoms with van der Waals surface area (Å²) in [4.78, 5) is 23.5. The van der Waals surface area contributed by atoms with Gasteiger partial charge in [0.05, 0.1) is 25.3 Å². The van der Waals surface area contributed by atoms with Crippen LogP contribution in [0.25, 0.3) is 0 Å². The maximum absolute atomic E-state index is 12.6. The second-order valence-electron chi connectivity index (χ2n) is 7.85. The molecule has 1 amide bonds. The second-order valence-corrected chi connectivity index (χ2v) is 10.4. The molecule has 0 aromatic carbocycles. The van der Waals surface area contributed by atoms with E-state index in [1.807, 2.05) is 13.8 Å². The molecule has 1 aromatic heterocycles. The molecule has 156 valence electrons. The van der Waals surface area contributed by atoms with Crippen LogP contribution in [0, 0.1) is 0 Å². The molecule has 10 heteroatoms. The molecular formula is C18H28N4O5S. The Morgan fingerprint density at radius 3 is 2.64 bits per heavy atom. The number of morpholine rings is 1. The summed E-state index contributed by atoms with van der Waals surface area (Å²) in [5.74, 6) is 0.294. The van der Waals surface area contributed by atoms with Crippen LogP contribution in [0.2, 0.25) is 0 Å². The van der Waals surface area contributed by atoms with Gasteiger partial charge in [0.1, 0.15) is 17.0 Å². The fourth-order valence-corrected chi connectivity index (χ4v) is 3.82. The standard InChI is InChI=1S/C18H28N4O5S/c1-6-7-19-17(23)15-20-14(18(3,4)28(5,24)25)13-16(21-15)22-11(2)8-26-9-12(22)10-27-13/h11-12H,6-10H2,1-5H3,(H,19,23)/t11?,12-/m0/s1. The molecule has 0 bridgehead atoms. The van der Waals surface area contributed by atoms with Crippen LogP contribution >= 0.6 is 0 Å². The summed E-state index contributed by atoms with van der Waals surface area (Å²) in [7, 11) is -3.54. The van der Waals surface area contributed by atoms with Gasteiger partial charge in [-0.3, -0.25) is 4.79 Å². The van der Waals surface area contributed by atoms with Gasteiger partial charge in [0.15, 0.2) is 21.4 Å². The first kappa shape index (κ1) is 20.8. The molecule has 2 aliphatic heterocycles. The molecule has 0 radical (unpaired) electrons. The summed E-state index contributed by atoms with van der Waals surface area (Å²) in [5, 5.41) is 2.76. The number of fused-ring (bicyclic) bond motifs is 3. The van der Waals surface area contributed by atoms with Crippen molar-refractivity contribution in [3.05, 3.63) is 11.5 Å². The fraction of sp³-hybridized carbons (Fsp3) is 0.722. The average Bonchev–Trinajstić information content (AvgIpc) is 2.63. The van der Waals surface area contributed by atoms with Crippen molar-refractivity contribution in [2.75, 3.05) is 37.5 Å². The topological polar surface area (TPSA) is 111 Å². The van der Waals surface area contributed by atoms with Crippen LogP contribution in [-0.2, 0) is 19.3 Å². The van der Waals surface area contributed by atoms with Gasteiger partial charge in [-0.25, -0.2) is 18.4 Å². The molecule has 28 heavy (non-hydrogen) atoms. The Labute approximate surface area is 165 Å². The Balaban J connectivity index is 2.20. The van der Waals surface area contributed by atoms with Crippen molar-refractivity contribution in [3.63, 3.8) is 0 Å². The van der Waals surface area contributed by atoms with Crippen molar-refractivity contribution < 1.29 is 22.7 Å². The Morgan fingerprint density at radius 1 is 1.29 bits per heavy atom. The number of anilines is 1. The number of carbonyl (C=O) groups excluding carboxylic acids is 1. The van der Waals surface area contributed by atoms with E-state index in [1.165, 1.54) is 0 Å². The van der Waals surface area contributed by atoms with Crippen LogP contribution in [0.3, 0.4) is 0 Å². The van der Waals surface area contributed by atoms with E-state index in [2.05, 4.69) is 20.2 Å². The zero-order chi connectivity index (χ0) is 20.7. The Hall–Kier alpha value is -1.94. The van der Waals surface area contributed by atoms with E-state index in [9.17, 15) is 13.2 Å². The van der Waals surface area contributed by atoms with Crippen LogP contribution in [-0.4, -0.2) is 69.0 Å². The highest BCUT2D eigenvalue weighted by atomic mass is 32.2. The third kappa shape index (κ3) is 3.55. The average molecular weight is 413 g/mol. The van der Waals surface area contributed by atoms with Crippen molar-refractivity contribution in [2.24, 2.45) is 0 Å². The fourth-order valence-electron chi connectivity index (χ4n) is 3.33. The quantitative estimate of drug-likeness (QED) is 0.759. The SMILES string of the molecule is CCCNC(=O)c1nc2c(c(C(C)(C)S(C)(=O)=O)n1)OC[C@@H]1COCC(C)N21. The van der Waals surface area contributed by atoms with E-state index in [1.54, 1.807) is 13.8 Å². The zero-order valence-electron chi connectivity index (χ0n) is 17.0. The smallest absolute Gasteiger partial charge is 0.289 e. The molecule has 1 unspecified atom stereocenters. The maximum Gasteiger partial charge on any atom is 0.289 e. The molecule has 1 saturated heterocycles. The summed E-state index contributed by atoms with van der Waals surface area (Å²) in [6.07, 6.45) is 1.92. The number of rotatable bonds is 5. The molecule has 9 nitrogen and oxygen atoms in total. The zero-order valence-corrected chi connectivity index (χ0v) is 17.8. The molecule has 2 aliphatic rings. The number of ether oxygens (including phenoxy) is 2. The first-order valence-electron chi connectivity index (χ1n) is 9.47. The predicted octanol–water partition coefficient (Wildman–Crippen LogP) is 0.882. The number of sulfone groups is 1. The molecule has 0 aliphatic carbocycles. The van der Waals surface area contributed by atoms with Gasteiger partial charge >= 0.3 is 0 Å². The van der Waals surface area contributed by atoms with Gasteiger partial charge in [-0.15, -0.1) is 0 Å². The highest BCUT2D eigenvalue weighted by Crippen LogP contribution is 2.43. The highest BCUT2D eigenvalue weighted by molar-refractivity contribution is 7.91. The lowest BCUT2D eigenvalue weighted by Crippen LogP contribution is -2.56. The van der Waals surface area contributed by atoms with Crippen molar-refractivity contribution in [1.82, 2.24) is 15.3 Å². The minimum atomic E-state index is -3.54. The summed E-state index contributed by atoms with van der Waals surface area (Å²) >= 11 is 0. The van der Waals surface area contributed by atoms with Crippen molar-refractivity contribution in [2.45, 2.75) is 50.9 Å². The third-order valence-corrected chi connectivity index (χ3v) is 7.33. The largest absolute Gasteiger partial charge is 0.486 e. The lowest BCUT2D eigenvalue weighted by Gasteiger charge is -2.45. The lowest BCUT2D eigenvalue weighted by atomic mass is 10.0. The molecule has 3 heterocycles. The number of aromatic nitrogens is 2. The van der Waals surface area contributed by atoms with Crippen LogP contribution in [0.5, 0.6) is 5.75 Å². The van der Waals surface area contributed by atoms with Crippen molar-refractivity contribution in [3.8, 4) is 5.75 Å². The van der Waals surface area contributed by atoms with Crippen LogP contribution in [0.4, 0.5) is 5.82 Å². The molecule has 2 atom stereocenters. The van der Waals surface area contributed by atoms with Crippen LogP contribution < -0.4 is 15.0 Å². The summed E-state index contributed by atoms with van der Waals surface area (Å²) < 4.78 is 35.2. The van der Waals surface area contributed by atoms with E-state index in [4.69, 9.17) is 9.47 Å². The van der Waals surface area contributed by atoms with Gasteiger partial charge in [-0.2, -0.15) is 0 Å². The maximum atomic E-state index is 12.6. The first-order chi connectivity index (χ1) is 13.1. The third-order valence-electron chi connectivity index (χ3n) is 5.29. The van der Waals surface area contributed by atoms with Gasteiger partial charge in [0.2, 0.25) is 5.82 Å². The van der Waals surface area contributed by atoms with E-state index in [0.29, 0.717) is 37.9 Å². The van der Waals surface area contributed by atoms with E-state index in [-0.39, 0.29) is 23.6 Å². The van der Waals surface area contributed by atoms with E-state index < -0.39 is 20.5 Å². The number of nitrogens with zero attached hydrogens (tertiary/aromatic N) is 3. The van der Waals surface area contributed by atoms with E-state index >= 15 is 0 Å². The van der Waals surface area contributed by atoms with Crippen molar-refractivity contribution in [1.29, 1.82) is 0 Å². The second kappa shape index (κ2) is 7.47. The van der Waals surface area contributed by atoms with Gasteiger partial charge in [0.25, 0.3) is 5.91 Å². The van der Waals surface area contributed by atoms with Crippen LogP contribution in [0.1, 0.15) is 50.4 Å². The monoisotopic (exact) mass is 412 g/mol. The first-order valence-corrected chi connectivity index (χ1v) is 11.4. The Kier molecular flexibility index (Phi) is 5.55. The lowest BCUT2D eigenvalue weighted by molar-refractivity contribution is 0.0481. The summed E-state index contributed by atoms with van der Waals surface area (Å²) in [6, 6.07) is -0.0380. The van der Waals surface area contributed by atoms with Gasteiger partial charge in [-0.05, 0) is 27.2 Å². The Morgan fingerprint density at radius 2 is 2.00 bits per heavy atom. The molecule has 1 N–H and O–H groups in total. The van der Waals surface area contributed by atoms with Gasteiger partial charge < -0.3 is 19.7 Å². The van der Waals surface area contributed by atoms with E-state index in [0.717, 1.165) is 12.7 Å². The number of hydrogen-bond donors (Lipinski definition) is 1. The minimum Gasteiger partial charge on any atom is -0.486 e. The van der Waals surface area contributed by atoms with Crippen molar-refractivity contribution >= 4 is 21.6 Å². The summed E-state index contributed by atoms with van der Waals surface area (Å²) in [6.45, 7) is 8.90. The highest BCUT2D eigenvalue weighted by Gasteiger charge is 2.44. The van der Waals surface area contributed by atoms with Gasteiger partial charge in [-0.1, -0.05) is 6.92 Å². The number of carbonyl (C=O) groups is 1.